The third-order valence-electron chi connectivity index (χ3n) is 1.17. The molecule has 11 heavy (non-hydrogen) atoms. The number of hydrogen-bond acceptors (Lipinski definition) is 0. The quantitative estimate of drug-likeness (QED) is 0.561. The van der Waals surface area contributed by atoms with Crippen molar-refractivity contribution in [3.63, 3.8) is 0 Å². The van der Waals surface area contributed by atoms with Gasteiger partial charge in [0.2, 0.25) is 0 Å². The van der Waals surface area contributed by atoms with E-state index in [9.17, 15) is 0 Å². The maximum atomic E-state index is 6.12. The Hall–Kier alpha value is 1.05. The van der Waals surface area contributed by atoms with Gasteiger partial charge in [-0.25, -0.2) is 0 Å². The molecule has 1 unspecified atom stereocenters. The van der Waals surface area contributed by atoms with Crippen molar-refractivity contribution in [3.8, 4) is 0 Å². The number of halogens is 2. The van der Waals surface area contributed by atoms with E-state index in [2.05, 4.69) is 18.3 Å². The van der Waals surface area contributed by atoms with Crippen LogP contribution in [0.5, 0.6) is 0 Å². The van der Waals surface area contributed by atoms with Gasteiger partial charge in [0, 0.05) is 0 Å². The third-order valence-corrected chi connectivity index (χ3v) is 6.73. The van der Waals surface area contributed by atoms with E-state index in [1.807, 2.05) is 30.3 Å². The third kappa shape index (κ3) is 2.78. The molecule has 0 N–H and O–H groups in total. The van der Waals surface area contributed by atoms with E-state index < -0.39 is 2.06 Å². The van der Waals surface area contributed by atoms with Crippen LogP contribution >= 0.6 is 21.3 Å². The van der Waals surface area contributed by atoms with Crippen LogP contribution in [-0.4, -0.2) is 0 Å². The van der Waals surface area contributed by atoms with Crippen LogP contribution in [0.2, 0.25) is 0 Å². The zero-order valence-electron chi connectivity index (χ0n) is 5.35. The van der Waals surface area contributed by atoms with Gasteiger partial charge in [-0.15, -0.1) is 0 Å². The van der Waals surface area contributed by atoms with Crippen LogP contribution in [0.4, 0.5) is 0 Å². The van der Waals surface area contributed by atoms with E-state index in [-0.39, 0.29) is 16.1 Å². The second kappa shape index (κ2) is 4.33. The van der Waals surface area contributed by atoms with Crippen LogP contribution in [0, 0.1) is 0 Å². The Morgan fingerprint density at radius 1 is 1.27 bits per heavy atom. The van der Waals surface area contributed by atoms with Gasteiger partial charge >= 0.3 is 93.7 Å². The minimum atomic E-state index is -0.408. The van der Waals surface area contributed by atoms with Crippen molar-refractivity contribution >= 4 is 21.3 Å². The van der Waals surface area contributed by atoms with Gasteiger partial charge < -0.3 is 0 Å². The van der Waals surface area contributed by atoms with E-state index in [0.717, 1.165) is 5.56 Å². The standard InChI is InChI=1S/C7H5Cl.ClH.2Ru/c8-6-7-4-2-1-3-5-7;;;/h1-5H;1H;;/q;;;+1/p-1. The summed E-state index contributed by atoms with van der Waals surface area (Å²) in [7, 11) is 5.77. The fourth-order valence-corrected chi connectivity index (χ4v) is 2.01. The second-order valence-corrected chi connectivity index (χ2v) is 8.44. The fraction of sp³-hybridized carbons (Fsp3) is 0.143. The van der Waals surface area contributed by atoms with Gasteiger partial charge in [0.1, 0.15) is 0 Å². The molecule has 1 aromatic carbocycles. The molecule has 0 saturated carbocycles. The Bertz CT molecular complexity index is 223. The van der Waals surface area contributed by atoms with Crippen molar-refractivity contribution in [1.82, 2.24) is 0 Å². The molecule has 0 radical (unpaired) electrons. The molecule has 63 valence electrons. The van der Waals surface area contributed by atoms with Gasteiger partial charge in [-0.05, 0) is 0 Å². The van der Waals surface area contributed by atoms with E-state index >= 15 is 0 Å². The molecule has 0 aromatic heterocycles. The van der Waals surface area contributed by atoms with Crippen LogP contribution in [0.25, 0.3) is 0 Å². The Kier molecular flexibility index (Phi) is 3.99. The van der Waals surface area contributed by atoms with Crippen LogP contribution < -0.4 is 0 Å². The summed E-state index contributed by atoms with van der Waals surface area (Å²) in [6.07, 6.45) is 0. The van der Waals surface area contributed by atoms with Crippen molar-refractivity contribution in [1.29, 1.82) is 0 Å². The molecular formula is C7H5Cl2Ru2. The molecular weight excluding hydrogens is 357 g/mol. The Morgan fingerprint density at radius 2 is 1.82 bits per heavy atom. The number of benzene rings is 1. The number of rotatable bonds is 2. The van der Waals surface area contributed by atoms with Crippen LogP contribution in [0.1, 0.15) is 5.56 Å². The summed E-state index contributed by atoms with van der Waals surface area (Å²) >= 11 is 8.26. The summed E-state index contributed by atoms with van der Waals surface area (Å²) < 4.78 is -0.408. The van der Waals surface area contributed by atoms with Crippen molar-refractivity contribution in [2.24, 2.45) is 0 Å². The normalized spacial score (nSPS) is 16.3. The first-order valence-electron chi connectivity index (χ1n) is 2.84. The van der Waals surface area contributed by atoms with Gasteiger partial charge in [0.05, 0.1) is 0 Å². The molecule has 0 amide bonds. The van der Waals surface area contributed by atoms with Gasteiger partial charge in [-0.3, -0.25) is 0 Å². The van der Waals surface area contributed by atoms with Crippen molar-refractivity contribution in [2.45, 2.75) is 2.06 Å². The van der Waals surface area contributed by atoms with E-state index in [4.69, 9.17) is 21.3 Å². The Morgan fingerprint density at radius 3 is 2.27 bits per heavy atom. The van der Waals surface area contributed by atoms with Gasteiger partial charge in [-0.1, -0.05) is 0 Å². The average Bonchev–Trinajstić information content (AvgIpc) is 2.06. The zero-order valence-corrected chi connectivity index (χ0v) is 10.3. The van der Waals surface area contributed by atoms with Crippen LogP contribution in [0.15, 0.2) is 30.3 Å². The van der Waals surface area contributed by atoms with Gasteiger partial charge in [0.15, 0.2) is 0 Å². The molecule has 0 bridgehead atoms. The molecule has 1 atom stereocenters. The SMILES string of the molecule is [Cl][Ru][C](Cl)([Ru])c1ccccc1. The van der Waals surface area contributed by atoms with Crippen molar-refractivity contribution in [3.05, 3.63) is 35.9 Å². The Balaban J connectivity index is 2.93. The van der Waals surface area contributed by atoms with E-state index in [1.165, 1.54) is 0 Å². The monoisotopic (exact) mass is 363 g/mol. The molecule has 0 heterocycles. The molecule has 0 saturated heterocycles. The topological polar surface area (TPSA) is 0 Å². The zero-order chi connectivity index (χ0) is 8.32. The van der Waals surface area contributed by atoms with Crippen molar-refractivity contribution < 1.29 is 34.4 Å². The molecule has 0 aliphatic rings. The molecule has 1 aromatic rings. The summed E-state index contributed by atoms with van der Waals surface area (Å²) in [6, 6.07) is 9.87. The van der Waals surface area contributed by atoms with Gasteiger partial charge in [-0.2, -0.15) is 0 Å². The first-order chi connectivity index (χ1) is 5.17. The molecule has 1 rings (SSSR count). The number of alkyl halides is 1. The molecule has 0 fully saturated rings. The minimum absolute atomic E-state index is 0.346. The summed E-state index contributed by atoms with van der Waals surface area (Å²) in [5, 5.41) is 0. The molecule has 0 spiro atoms. The van der Waals surface area contributed by atoms with E-state index in [1.54, 1.807) is 0 Å². The van der Waals surface area contributed by atoms with Crippen LogP contribution in [0.3, 0.4) is 0 Å². The van der Waals surface area contributed by atoms with E-state index in [0.29, 0.717) is 0 Å². The maximum absolute atomic E-state index is 6.12. The summed E-state index contributed by atoms with van der Waals surface area (Å²) in [6.45, 7) is 0. The predicted octanol–water partition coefficient (Wildman–Crippen LogP) is 2.82. The first-order valence-corrected chi connectivity index (χ1v) is 7.19. The summed E-state index contributed by atoms with van der Waals surface area (Å²) in [5.74, 6) is 0. The predicted molar refractivity (Wildman–Crippen MR) is 39.8 cm³/mol. The fourth-order valence-electron chi connectivity index (χ4n) is 0.658. The van der Waals surface area contributed by atoms with Crippen molar-refractivity contribution in [2.75, 3.05) is 0 Å². The summed E-state index contributed by atoms with van der Waals surface area (Å²) in [4.78, 5) is 0. The molecule has 0 nitrogen and oxygen atoms in total. The average molecular weight is 362 g/mol. The Labute approximate surface area is 93.0 Å². The van der Waals surface area contributed by atoms with Crippen LogP contribution in [-0.2, 0) is 36.5 Å². The molecule has 4 heteroatoms. The first kappa shape index (κ1) is 10.1. The second-order valence-electron chi connectivity index (χ2n) is 1.90. The summed E-state index contributed by atoms with van der Waals surface area (Å²) in [5.41, 5.74) is 1.08. The van der Waals surface area contributed by atoms with Gasteiger partial charge in [0.25, 0.3) is 0 Å². The number of hydrogen-bond donors (Lipinski definition) is 0. The molecule has 0 aliphatic carbocycles. The molecule has 0 aliphatic heterocycles.